The Bertz CT molecular complexity index is 929. The number of aryl methyl sites for hydroxylation is 1. The second kappa shape index (κ2) is 12.9. The van der Waals surface area contributed by atoms with Crippen LogP contribution in [0.1, 0.15) is 36.1 Å². The Morgan fingerprint density at radius 3 is 2.20 bits per heavy atom. The summed E-state index contributed by atoms with van der Waals surface area (Å²) in [6.45, 7) is 9.04. The monoisotopic (exact) mass is 545 g/mol. The van der Waals surface area contributed by atoms with E-state index in [4.69, 9.17) is 4.74 Å². The molecule has 0 spiro atoms. The average molecular weight is 545 g/mol. The molecule has 0 atom stereocenters. The minimum atomic E-state index is -3.21. The van der Waals surface area contributed by atoms with Gasteiger partial charge in [0.1, 0.15) is 0 Å². The van der Waals surface area contributed by atoms with Gasteiger partial charge in [-0.2, -0.15) is 0 Å². The van der Waals surface area contributed by atoms with Crippen molar-refractivity contribution in [3.8, 4) is 0 Å². The molecule has 0 unspecified atom stereocenters. The number of aliphatic imine (C=N–C) groups is 1. The highest BCUT2D eigenvalue weighted by molar-refractivity contribution is 14.0. The van der Waals surface area contributed by atoms with Crippen LogP contribution in [0, 0.1) is 6.92 Å². The van der Waals surface area contributed by atoms with Crippen LogP contribution >= 0.6 is 24.0 Å². The van der Waals surface area contributed by atoms with Gasteiger partial charge in [-0.3, -0.25) is 0 Å². The summed E-state index contributed by atoms with van der Waals surface area (Å²) in [6.07, 6.45) is 1.23. The molecule has 166 valence electrons. The molecular formula is C22H32IN3O3S. The summed E-state index contributed by atoms with van der Waals surface area (Å²) in [6, 6.07) is 13.6. The van der Waals surface area contributed by atoms with E-state index >= 15 is 0 Å². The van der Waals surface area contributed by atoms with Crippen molar-refractivity contribution in [3.63, 3.8) is 0 Å². The first kappa shape index (κ1) is 26.4. The first-order valence-electron chi connectivity index (χ1n) is 9.80. The first-order chi connectivity index (χ1) is 13.8. The molecule has 6 nitrogen and oxygen atoms in total. The predicted octanol–water partition coefficient (Wildman–Crippen LogP) is 3.81. The Kier molecular flexibility index (Phi) is 11.4. The number of hydrogen-bond donors (Lipinski definition) is 2. The van der Waals surface area contributed by atoms with Crippen molar-refractivity contribution in [1.29, 1.82) is 0 Å². The van der Waals surface area contributed by atoms with Gasteiger partial charge in [0.15, 0.2) is 15.8 Å². The van der Waals surface area contributed by atoms with Crippen LogP contribution in [-0.4, -0.2) is 33.8 Å². The number of sulfone groups is 1. The lowest BCUT2D eigenvalue weighted by Gasteiger charge is -2.12. The third-order valence-electron chi connectivity index (χ3n) is 4.36. The summed E-state index contributed by atoms with van der Waals surface area (Å²) in [5.74, 6) is 0.718. The third kappa shape index (κ3) is 8.61. The number of rotatable bonds is 9. The van der Waals surface area contributed by atoms with Crippen LogP contribution in [-0.2, 0) is 34.3 Å². The lowest BCUT2D eigenvalue weighted by atomic mass is 10.1. The lowest BCUT2D eigenvalue weighted by Crippen LogP contribution is -2.36. The Morgan fingerprint density at radius 1 is 1.00 bits per heavy atom. The Morgan fingerprint density at radius 2 is 1.63 bits per heavy atom. The molecule has 2 aromatic rings. The molecule has 0 radical (unpaired) electrons. The fraction of sp³-hybridized carbons (Fsp3) is 0.409. The molecule has 8 heteroatoms. The fourth-order valence-corrected chi connectivity index (χ4v) is 3.86. The van der Waals surface area contributed by atoms with Gasteiger partial charge in [0.25, 0.3) is 0 Å². The standard InChI is InChI=1S/C22H31N3O3S.HI/c1-5-23-22(24-14-18-7-9-19(10-8-18)16-28-6-2)25-15-20-11-12-21(17(3)13-20)29(4,26)27;/h7-13H,5-6,14-16H2,1-4H3,(H2,23,24,25);1H. The van der Waals surface area contributed by atoms with Crippen LogP contribution in [0.5, 0.6) is 0 Å². The van der Waals surface area contributed by atoms with Gasteiger partial charge in [0.2, 0.25) is 0 Å². The smallest absolute Gasteiger partial charge is 0.191 e. The van der Waals surface area contributed by atoms with Crippen LogP contribution in [0.25, 0.3) is 0 Å². The highest BCUT2D eigenvalue weighted by atomic mass is 127. The van der Waals surface area contributed by atoms with E-state index in [9.17, 15) is 8.42 Å². The highest BCUT2D eigenvalue weighted by Gasteiger charge is 2.10. The summed E-state index contributed by atoms with van der Waals surface area (Å²) >= 11 is 0. The van der Waals surface area contributed by atoms with Gasteiger partial charge in [-0.05, 0) is 49.1 Å². The van der Waals surface area contributed by atoms with E-state index < -0.39 is 9.84 Å². The van der Waals surface area contributed by atoms with Crippen molar-refractivity contribution in [3.05, 3.63) is 64.7 Å². The zero-order valence-electron chi connectivity index (χ0n) is 18.1. The van der Waals surface area contributed by atoms with Gasteiger partial charge in [0, 0.05) is 26.0 Å². The quantitative estimate of drug-likeness (QED) is 0.285. The number of halogens is 1. The van der Waals surface area contributed by atoms with E-state index in [1.54, 1.807) is 6.07 Å². The molecule has 0 bridgehead atoms. The predicted molar refractivity (Wildman–Crippen MR) is 133 cm³/mol. The van der Waals surface area contributed by atoms with Crippen molar-refractivity contribution in [2.45, 2.75) is 45.4 Å². The van der Waals surface area contributed by atoms with E-state index in [0.717, 1.165) is 34.8 Å². The topological polar surface area (TPSA) is 79.8 Å². The number of ether oxygens (including phenoxy) is 1. The van der Waals surface area contributed by atoms with Crippen molar-refractivity contribution in [2.24, 2.45) is 4.99 Å². The molecule has 0 fully saturated rings. The van der Waals surface area contributed by atoms with Crippen LogP contribution in [0.4, 0.5) is 0 Å². The van der Waals surface area contributed by atoms with Crippen LogP contribution < -0.4 is 10.6 Å². The Labute approximate surface area is 197 Å². The van der Waals surface area contributed by atoms with Gasteiger partial charge < -0.3 is 15.4 Å². The fourth-order valence-electron chi connectivity index (χ4n) is 2.90. The second-order valence-corrected chi connectivity index (χ2v) is 8.86. The van der Waals surface area contributed by atoms with E-state index in [-0.39, 0.29) is 24.0 Å². The van der Waals surface area contributed by atoms with Gasteiger partial charge in [-0.15, -0.1) is 24.0 Å². The van der Waals surface area contributed by atoms with Gasteiger partial charge >= 0.3 is 0 Å². The summed E-state index contributed by atoms with van der Waals surface area (Å²) in [4.78, 5) is 4.98. The number of hydrogen-bond acceptors (Lipinski definition) is 4. The van der Waals surface area contributed by atoms with Crippen LogP contribution in [0.3, 0.4) is 0 Å². The van der Waals surface area contributed by atoms with Crippen LogP contribution in [0.15, 0.2) is 52.4 Å². The van der Waals surface area contributed by atoms with Gasteiger partial charge in [-0.25, -0.2) is 13.4 Å². The molecule has 2 aromatic carbocycles. The van der Waals surface area contributed by atoms with Crippen molar-refractivity contribution >= 4 is 39.8 Å². The minimum absolute atomic E-state index is 0. The molecule has 2 N–H and O–H groups in total. The molecule has 0 heterocycles. The van der Waals surface area contributed by atoms with E-state index in [1.165, 1.54) is 6.26 Å². The van der Waals surface area contributed by atoms with Gasteiger partial charge in [0.05, 0.1) is 18.0 Å². The number of benzene rings is 2. The third-order valence-corrected chi connectivity index (χ3v) is 5.62. The SMILES string of the molecule is CCNC(=NCc1ccc(S(C)(=O)=O)c(C)c1)NCc1ccc(COCC)cc1.I. The highest BCUT2D eigenvalue weighted by Crippen LogP contribution is 2.17. The number of nitrogens with zero attached hydrogens (tertiary/aromatic N) is 1. The lowest BCUT2D eigenvalue weighted by molar-refractivity contribution is 0.134. The molecule has 0 saturated heterocycles. The normalized spacial score (nSPS) is 11.7. The molecular weight excluding hydrogens is 513 g/mol. The van der Waals surface area contributed by atoms with E-state index in [0.29, 0.717) is 31.2 Å². The molecule has 0 aliphatic heterocycles. The maximum absolute atomic E-state index is 11.8. The maximum atomic E-state index is 11.8. The van der Waals surface area contributed by atoms with Crippen molar-refractivity contribution < 1.29 is 13.2 Å². The zero-order valence-corrected chi connectivity index (χ0v) is 21.2. The molecule has 0 saturated carbocycles. The molecule has 0 amide bonds. The Balaban J connectivity index is 0.00000450. The number of nitrogens with one attached hydrogen (secondary N) is 2. The summed E-state index contributed by atoms with van der Waals surface area (Å²) in [7, 11) is -3.21. The van der Waals surface area contributed by atoms with Crippen molar-refractivity contribution in [2.75, 3.05) is 19.4 Å². The molecule has 2 rings (SSSR count). The molecule has 0 aliphatic rings. The average Bonchev–Trinajstić information content (AvgIpc) is 2.68. The molecule has 0 aliphatic carbocycles. The molecule has 0 aromatic heterocycles. The summed E-state index contributed by atoms with van der Waals surface area (Å²) < 4.78 is 28.9. The largest absolute Gasteiger partial charge is 0.377 e. The van der Waals surface area contributed by atoms with E-state index in [1.807, 2.05) is 32.9 Å². The van der Waals surface area contributed by atoms with E-state index in [2.05, 4.69) is 39.9 Å². The second-order valence-electron chi connectivity index (χ2n) is 6.87. The van der Waals surface area contributed by atoms with Crippen molar-refractivity contribution in [1.82, 2.24) is 10.6 Å². The Hall–Kier alpha value is -1.65. The summed E-state index contributed by atoms with van der Waals surface area (Å²) in [5.41, 5.74) is 4.02. The minimum Gasteiger partial charge on any atom is -0.377 e. The number of guanidine groups is 1. The summed E-state index contributed by atoms with van der Waals surface area (Å²) in [5, 5.41) is 6.57. The van der Waals surface area contributed by atoms with Gasteiger partial charge in [-0.1, -0.05) is 36.4 Å². The first-order valence-corrected chi connectivity index (χ1v) is 11.7. The van der Waals surface area contributed by atoms with Crippen LogP contribution in [0.2, 0.25) is 0 Å². The molecule has 30 heavy (non-hydrogen) atoms. The zero-order chi connectivity index (χ0) is 21.3. The maximum Gasteiger partial charge on any atom is 0.191 e.